The van der Waals surface area contributed by atoms with Crippen molar-refractivity contribution in [2.75, 3.05) is 6.54 Å². The molecular formula is C10H13F2NO. The molecule has 0 bridgehead atoms. The van der Waals surface area contributed by atoms with Crippen molar-refractivity contribution in [3.8, 4) is 5.75 Å². The predicted octanol–water partition coefficient (Wildman–Crippen LogP) is 2.06. The fourth-order valence-corrected chi connectivity index (χ4v) is 1.20. The number of phenols is 1. The van der Waals surface area contributed by atoms with E-state index in [0.717, 1.165) is 5.56 Å². The lowest BCUT2D eigenvalue weighted by Crippen LogP contribution is -2.25. The average Bonchev–Trinajstić information content (AvgIpc) is 2.11. The van der Waals surface area contributed by atoms with Crippen molar-refractivity contribution in [2.24, 2.45) is 5.73 Å². The maximum Gasteiger partial charge on any atom is 0.288 e. The molecule has 0 saturated carbocycles. The van der Waals surface area contributed by atoms with Crippen LogP contribution in [0.4, 0.5) is 8.78 Å². The highest BCUT2D eigenvalue weighted by molar-refractivity contribution is 5.43. The number of halogens is 2. The van der Waals surface area contributed by atoms with Gasteiger partial charge in [0.25, 0.3) is 5.92 Å². The normalized spacial score (nSPS) is 11.8. The zero-order valence-electron chi connectivity index (χ0n) is 8.14. The maximum absolute atomic E-state index is 13.2. The van der Waals surface area contributed by atoms with Crippen LogP contribution in [0.15, 0.2) is 12.1 Å². The van der Waals surface area contributed by atoms with Crippen LogP contribution >= 0.6 is 0 Å². The minimum Gasteiger partial charge on any atom is -0.507 e. The summed E-state index contributed by atoms with van der Waals surface area (Å²) >= 11 is 0. The van der Waals surface area contributed by atoms with Gasteiger partial charge >= 0.3 is 0 Å². The van der Waals surface area contributed by atoms with Gasteiger partial charge in [0, 0.05) is 0 Å². The molecule has 0 spiro atoms. The topological polar surface area (TPSA) is 46.2 Å². The molecule has 0 aliphatic rings. The van der Waals surface area contributed by atoms with E-state index in [1.54, 1.807) is 13.8 Å². The molecule has 1 aromatic carbocycles. The zero-order valence-corrected chi connectivity index (χ0v) is 8.14. The molecule has 0 heterocycles. The molecule has 0 atom stereocenters. The van der Waals surface area contributed by atoms with Crippen molar-refractivity contribution >= 4 is 0 Å². The summed E-state index contributed by atoms with van der Waals surface area (Å²) in [7, 11) is 0. The number of hydrogen-bond donors (Lipinski definition) is 2. The van der Waals surface area contributed by atoms with Crippen molar-refractivity contribution in [3.63, 3.8) is 0 Å². The van der Waals surface area contributed by atoms with Gasteiger partial charge in [0.1, 0.15) is 5.75 Å². The molecular weight excluding hydrogens is 188 g/mol. The third-order valence-corrected chi connectivity index (χ3v) is 2.26. The smallest absolute Gasteiger partial charge is 0.288 e. The number of nitrogens with two attached hydrogens (primary N) is 1. The summed E-state index contributed by atoms with van der Waals surface area (Å²) in [5.74, 6) is -3.56. The van der Waals surface area contributed by atoms with Gasteiger partial charge in [-0.15, -0.1) is 0 Å². The van der Waals surface area contributed by atoms with Gasteiger partial charge in [0.05, 0.1) is 12.1 Å². The number of phenolic OH excluding ortho intramolecular Hbond substituents is 1. The second-order valence-corrected chi connectivity index (χ2v) is 3.36. The average molecular weight is 201 g/mol. The minimum absolute atomic E-state index is 0.399. The van der Waals surface area contributed by atoms with Crippen LogP contribution in [-0.4, -0.2) is 11.7 Å². The molecule has 14 heavy (non-hydrogen) atoms. The summed E-state index contributed by atoms with van der Waals surface area (Å²) in [6.45, 7) is 2.66. The van der Waals surface area contributed by atoms with Gasteiger partial charge in [-0.2, -0.15) is 8.78 Å². The molecule has 0 fully saturated rings. The fraction of sp³-hybridized carbons (Fsp3) is 0.400. The molecule has 0 aromatic heterocycles. The molecule has 2 nitrogen and oxygen atoms in total. The number of aryl methyl sites for hydroxylation is 2. The number of alkyl halides is 2. The van der Waals surface area contributed by atoms with E-state index < -0.39 is 23.8 Å². The van der Waals surface area contributed by atoms with Crippen molar-refractivity contribution in [2.45, 2.75) is 19.8 Å². The first-order valence-electron chi connectivity index (χ1n) is 4.27. The summed E-state index contributed by atoms with van der Waals surface area (Å²) < 4.78 is 26.3. The molecule has 4 heteroatoms. The lowest BCUT2D eigenvalue weighted by Gasteiger charge is -2.17. The highest BCUT2D eigenvalue weighted by atomic mass is 19.3. The summed E-state index contributed by atoms with van der Waals surface area (Å²) in [6, 6.07) is 2.60. The Kier molecular flexibility index (Phi) is 2.76. The van der Waals surface area contributed by atoms with E-state index in [0.29, 0.717) is 5.56 Å². The lowest BCUT2D eigenvalue weighted by atomic mass is 10.0. The Hall–Kier alpha value is -1.16. The van der Waals surface area contributed by atoms with E-state index in [-0.39, 0.29) is 0 Å². The van der Waals surface area contributed by atoms with Gasteiger partial charge in [0.2, 0.25) is 0 Å². The highest BCUT2D eigenvalue weighted by Crippen LogP contribution is 2.35. The van der Waals surface area contributed by atoms with Crippen molar-refractivity contribution in [3.05, 3.63) is 28.8 Å². The van der Waals surface area contributed by atoms with Crippen LogP contribution < -0.4 is 5.73 Å². The van der Waals surface area contributed by atoms with Crippen molar-refractivity contribution in [1.82, 2.24) is 0 Å². The zero-order chi connectivity index (χ0) is 10.9. The molecule has 0 aliphatic heterocycles. The van der Waals surface area contributed by atoms with E-state index in [2.05, 4.69) is 0 Å². The Morgan fingerprint density at radius 1 is 1.29 bits per heavy atom. The van der Waals surface area contributed by atoms with E-state index in [4.69, 9.17) is 5.73 Å². The highest BCUT2D eigenvalue weighted by Gasteiger charge is 2.32. The third kappa shape index (κ3) is 1.85. The van der Waals surface area contributed by atoms with E-state index in [9.17, 15) is 13.9 Å². The number of aromatic hydroxyl groups is 1. The number of rotatable bonds is 2. The van der Waals surface area contributed by atoms with Crippen molar-refractivity contribution in [1.29, 1.82) is 0 Å². The number of hydrogen-bond acceptors (Lipinski definition) is 2. The van der Waals surface area contributed by atoms with Crippen LogP contribution in [0.2, 0.25) is 0 Å². The van der Waals surface area contributed by atoms with Gasteiger partial charge in [-0.3, -0.25) is 0 Å². The van der Waals surface area contributed by atoms with Gasteiger partial charge in [-0.05, 0) is 37.1 Å². The second kappa shape index (κ2) is 3.53. The van der Waals surface area contributed by atoms with E-state index in [1.807, 2.05) is 0 Å². The van der Waals surface area contributed by atoms with Gasteiger partial charge in [-0.25, -0.2) is 0 Å². The monoisotopic (exact) mass is 201 g/mol. The van der Waals surface area contributed by atoms with Crippen LogP contribution in [-0.2, 0) is 5.92 Å². The lowest BCUT2D eigenvalue weighted by molar-refractivity contribution is 0.00370. The van der Waals surface area contributed by atoms with Crippen LogP contribution in [0.3, 0.4) is 0 Å². The van der Waals surface area contributed by atoms with E-state index >= 15 is 0 Å². The van der Waals surface area contributed by atoms with Crippen LogP contribution in [0.5, 0.6) is 5.75 Å². The molecule has 0 aliphatic carbocycles. The Morgan fingerprint density at radius 3 is 2.29 bits per heavy atom. The second-order valence-electron chi connectivity index (χ2n) is 3.36. The van der Waals surface area contributed by atoms with Gasteiger partial charge < -0.3 is 10.8 Å². The Morgan fingerprint density at radius 2 is 1.79 bits per heavy atom. The Balaban J connectivity index is 3.29. The molecule has 78 valence electrons. The first-order valence-corrected chi connectivity index (χ1v) is 4.27. The quantitative estimate of drug-likeness (QED) is 0.769. The first kappa shape index (κ1) is 10.9. The molecule has 1 rings (SSSR count). The summed E-state index contributed by atoms with van der Waals surface area (Å²) in [5, 5.41) is 9.35. The van der Waals surface area contributed by atoms with Crippen LogP contribution in [0, 0.1) is 13.8 Å². The van der Waals surface area contributed by atoms with Crippen LogP contribution in [0.25, 0.3) is 0 Å². The summed E-state index contributed by atoms with van der Waals surface area (Å²) in [4.78, 5) is 0. The maximum atomic E-state index is 13.2. The van der Waals surface area contributed by atoms with E-state index in [1.165, 1.54) is 12.1 Å². The van der Waals surface area contributed by atoms with Gasteiger partial charge in [-0.1, -0.05) is 0 Å². The predicted molar refractivity (Wildman–Crippen MR) is 50.5 cm³/mol. The van der Waals surface area contributed by atoms with Crippen molar-refractivity contribution < 1.29 is 13.9 Å². The Bertz CT molecular complexity index is 350. The third-order valence-electron chi connectivity index (χ3n) is 2.26. The largest absolute Gasteiger partial charge is 0.507 e. The standard InChI is InChI=1S/C10H13F2NO/c1-6-3-8(10(11,12)5-13)9(14)4-7(6)2/h3-4,14H,5,13H2,1-2H3. The SMILES string of the molecule is Cc1cc(O)c(C(F)(F)CN)cc1C. The molecule has 0 radical (unpaired) electrons. The van der Waals surface area contributed by atoms with Gasteiger partial charge in [0.15, 0.2) is 0 Å². The fourth-order valence-electron chi connectivity index (χ4n) is 1.20. The molecule has 0 amide bonds. The Labute approximate surface area is 81.4 Å². The summed E-state index contributed by atoms with van der Waals surface area (Å²) in [5.41, 5.74) is 6.03. The minimum atomic E-state index is -3.16. The summed E-state index contributed by atoms with van der Waals surface area (Å²) in [6.07, 6.45) is 0. The molecule has 0 unspecified atom stereocenters. The first-order chi connectivity index (χ1) is 6.38. The molecule has 1 aromatic rings. The molecule has 3 N–H and O–H groups in total. The molecule has 0 saturated heterocycles. The number of benzene rings is 1. The van der Waals surface area contributed by atoms with Crippen LogP contribution in [0.1, 0.15) is 16.7 Å².